The van der Waals surface area contributed by atoms with Gasteiger partial charge >= 0.3 is 10.4 Å². The quantitative estimate of drug-likeness (QED) is 0.260. The smallest absolute Gasteiger partial charge is 0.372 e. The Morgan fingerprint density at radius 2 is 1.61 bits per heavy atom. The fraction of sp³-hybridized carbons (Fsp3) is 1.00. The molecule has 0 bridgehead atoms. The van der Waals surface area contributed by atoms with Crippen LogP contribution in [-0.4, -0.2) is 65.4 Å². The zero-order valence-corrected chi connectivity index (χ0v) is 12.1. The Hall–Kier alpha value is -0.290. The third-order valence-electron chi connectivity index (χ3n) is 2.37. The lowest BCUT2D eigenvalue weighted by atomic mass is 10.3. The fourth-order valence-corrected chi connectivity index (χ4v) is 2.35. The molecule has 0 aromatic carbocycles. The fourth-order valence-electron chi connectivity index (χ4n) is 1.48. The Balaban J connectivity index is 3.87. The van der Waals surface area contributed by atoms with Gasteiger partial charge in [-0.25, -0.2) is 8.42 Å². The SMILES string of the molecule is C[N+](C)(CCCNS(=O)(=O)F)CCCS(=O)(=O)[O-]. The maximum Gasteiger partial charge on any atom is 0.372 e. The minimum absolute atomic E-state index is 0.0135. The lowest BCUT2D eigenvalue weighted by Crippen LogP contribution is -2.42. The molecule has 0 aliphatic rings. The summed E-state index contributed by atoms with van der Waals surface area (Å²) in [5.74, 6) is -0.411. The van der Waals surface area contributed by atoms with Crippen LogP contribution >= 0.6 is 0 Å². The summed E-state index contributed by atoms with van der Waals surface area (Å²) in [4.78, 5) is 0. The van der Waals surface area contributed by atoms with Gasteiger partial charge in [-0.2, -0.15) is 13.1 Å². The molecule has 0 unspecified atom stereocenters. The van der Waals surface area contributed by atoms with E-state index in [0.717, 1.165) is 0 Å². The van der Waals surface area contributed by atoms with Crippen LogP contribution in [0.5, 0.6) is 0 Å². The molecular formula is C8H19FN2O5S2. The third-order valence-corrected chi connectivity index (χ3v) is 3.71. The van der Waals surface area contributed by atoms with E-state index >= 15 is 0 Å². The van der Waals surface area contributed by atoms with Crippen molar-refractivity contribution in [2.75, 3.05) is 39.5 Å². The lowest BCUT2D eigenvalue weighted by molar-refractivity contribution is -0.890. The van der Waals surface area contributed by atoms with Crippen molar-refractivity contribution >= 4 is 20.5 Å². The molecule has 0 rings (SSSR count). The maximum absolute atomic E-state index is 12.1. The van der Waals surface area contributed by atoms with Gasteiger partial charge in [-0.05, 0) is 0 Å². The van der Waals surface area contributed by atoms with E-state index in [2.05, 4.69) is 0 Å². The average molecular weight is 306 g/mol. The highest BCUT2D eigenvalue weighted by Gasteiger charge is 2.15. The molecule has 0 spiro atoms. The van der Waals surface area contributed by atoms with Crippen LogP contribution in [0.15, 0.2) is 0 Å². The van der Waals surface area contributed by atoms with E-state index in [1.165, 1.54) is 0 Å². The van der Waals surface area contributed by atoms with Crippen LogP contribution in [-0.2, 0) is 20.5 Å². The van der Waals surface area contributed by atoms with Crippen LogP contribution in [0.1, 0.15) is 12.8 Å². The van der Waals surface area contributed by atoms with E-state index in [4.69, 9.17) is 0 Å². The topological polar surface area (TPSA) is 103 Å². The van der Waals surface area contributed by atoms with Gasteiger partial charge in [0.1, 0.15) is 0 Å². The van der Waals surface area contributed by atoms with Crippen LogP contribution in [0.3, 0.4) is 0 Å². The molecule has 0 aromatic rings. The van der Waals surface area contributed by atoms with Crippen molar-refractivity contribution in [2.24, 2.45) is 0 Å². The minimum Gasteiger partial charge on any atom is -0.748 e. The highest BCUT2D eigenvalue weighted by molar-refractivity contribution is 7.85. The van der Waals surface area contributed by atoms with Crippen LogP contribution in [0.2, 0.25) is 0 Å². The number of rotatable bonds is 9. The number of nitrogens with one attached hydrogen (secondary N) is 1. The van der Waals surface area contributed by atoms with Gasteiger partial charge in [0.05, 0.1) is 37.3 Å². The molecular weight excluding hydrogens is 287 g/mol. The van der Waals surface area contributed by atoms with Gasteiger partial charge in [0.2, 0.25) is 0 Å². The summed E-state index contributed by atoms with van der Waals surface area (Å²) in [6, 6.07) is 0. The predicted octanol–water partition coefficient (Wildman–Crippen LogP) is -0.808. The zero-order valence-electron chi connectivity index (χ0n) is 10.4. The molecule has 1 N–H and O–H groups in total. The van der Waals surface area contributed by atoms with Crippen molar-refractivity contribution in [1.29, 1.82) is 0 Å². The highest BCUT2D eigenvalue weighted by atomic mass is 32.3. The average Bonchev–Trinajstić information content (AvgIpc) is 2.08. The Morgan fingerprint density at radius 1 is 1.11 bits per heavy atom. The highest BCUT2D eigenvalue weighted by Crippen LogP contribution is 2.02. The van der Waals surface area contributed by atoms with Crippen LogP contribution in [0.25, 0.3) is 0 Å². The second-order valence-electron chi connectivity index (χ2n) is 4.68. The first-order valence-corrected chi connectivity index (χ1v) is 8.32. The molecule has 0 saturated carbocycles. The van der Waals surface area contributed by atoms with Gasteiger partial charge in [-0.15, -0.1) is 0 Å². The zero-order chi connectivity index (χ0) is 14.4. The number of halogens is 1. The van der Waals surface area contributed by atoms with Crippen molar-refractivity contribution in [2.45, 2.75) is 12.8 Å². The molecule has 10 heteroatoms. The summed E-state index contributed by atoms with van der Waals surface area (Å²) >= 11 is 0. The van der Waals surface area contributed by atoms with Gasteiger partial charge in [0.15, 0.2) is 0 Å². The number of nitrogens with zero attached hydrogens (tertiary/aromatic N) is 1. The van der Waals surface area contributed by atoms with Gasteiger partial charge < -0.3 is 9.04 Å². The summed E-state index contributed by atoms with van der Waals surface area (Å²) in [6.45, 7) is 1.01. The Kier molecular flexibility index (Phi) is 6.65. The number of quaternary nitrogens is 1. The number of hydrogen-bond acceptors (Lipinski definition) is 5. The first-order valence-electron chi connectivity index (χ1n) is 5.36. The van der Waals surface area contributed by atoms with E-state index < -0.39 is 26.3 Å². The molecule has 0 atom stereocenters. The third kappa shape index (κ3) is 12.2. The Bertz CT molecular complexity index is 446. The normalized spacial score (nSPS) is 13.8. The first kappa shape index (κ1) is 17.7. The van der Waals surface area contributed by atoms with Gasteiger partial charge in [-0.1, -0.05) is 3.89 Å². The van der Waals surface area contributed by atoms with Crippen LogP contribution in [0.4, 0.5) is 3.89 Å². The van der Waals surface area contributed by atoms with E-state index in [1.807, 2.05) is 14.1 Å². The van der Waals surface area contributed by atoms with Crippen molar-refractivity contribution in [1.82, 2.24) is 4.72 Å². The van der Waals surface area contributed by atoms with Crippen LogP contribution < -0.4 is 4.72 Å². The maximum atomic E-state index is 12.1. The molecule has 18 heavy (non-hydrogen) atoms. The van der Waals surface area contributed by atoms with Crippen molar-refractivity contribution in [3.63, 3.8) is 0 Å². The molecule has 7 nitrogen and oxygen atoms in total. The first-order chi connectivity index (χ1) is 7.91. The summed E-state index contributed by atoms with van der Waals surface area (Å²) in [5.41, 5.74) is 0. The lowest BCUT2D eigenvalue weighted by Gasteiger charge is -2.30. The van der Waals surface area contributed by atoms with Crippen molar-refractivity contribution in [3.05, 3.63) is 0 Å². The molecule has 0 aliphatic heterocycles. The summed E-state index contributed by atoms with van der Waals surface area (Å²) in [7, 11) is -5.21. The van der Waals surface area contributed by atoms with Gasteiger partial charge in [0, 0.05) is 25.1 Å². The van der Waals surface area contributed by atoms with E-state index in [9.17, 15) is 25.3 Å². The second-order valence-corrected chi connectivity index (χ2v) is 7.37. The summed E-state index contributed by atoms with van der Waals surface area (Å²) in [6.07, 6.45) is 0.661. The molecule has 0 radical (unpaired) electrons. The van der Waals surface area contributed by atoms with E-state index in [0.29, 0.717) is 24.0 Å². The molecule has 0 aromatic heterocycles. The van der Waals surface area contributed by atoms with E-state index in [-0.39, 0.29) is 13.0 Å². The Labute approximate surface area is 108 Å². The van der Waals surface area contributed by atoms with Crippen molar-refractivity contribution in [3.8, 4) is 0 Å². The van der Waals surface area contributed by atoms with Crippen molar-refractivity contribution < 1.29 is 29.8 Å². The predicted molar refractivity (Wildman–Crippen MR) is 63.7 cm³/mol. The summed E-state index contributed by atoms with van der Waals surface area (Å²) < 4.78 is 65.8. The largest absolute Gasteiger partial charge is 0.748 e. The van der Waals surface area contributed by atoms with E-state index in [1.54, 1.807) is 4.72 Å². The molecule has 0 amide bonds. The minimum atomic E-state index is -4.66. The van der Waals surface area contributed by atoms with Gasteiger partial charge in [0.25, 0.3) is 0 Å². The molecule has 0 heterocycles. The monoisotopic (exact) mass is 306 g/mol. The second kappa shape index (κ2) is 6.75. The Morgan fingerprint density at radius 3 is 2.06 bits per heavy atom. The molecule has 110 valence electrons. The van der Waals surface area contributed by atoms with Gasteiger partial charge in [-0.3, -0.25) is 0 Å². The number of hydrogen-bond donors (Lipinski definition) is 1. The standard InChI is InChI=1S/C8H19FN2O5S2/c1-11(2,7-4-8-17(12,13)14)6-3-5-10-18(9,15)16/h10H,3-8H2,1-2H3. The summed E-state index contributed by atoms with van der Waals surface area (Å²) in [5, 5.41) is 0. The van der Waals surface area contributed by atoms with Crippen LogP contribution in [0, 0.1) is 0 Å². The molecule has 0 saturated heterocycles. The molecule has 0 aliphatic carbocycles. The molecule has 0 fully saturated rings.